The molecule has 0 fully saturated rings. The number of nitrogens with two attached hydrogens (primary N) is 1. The number of aryl methyl sites for hydroxylation is 1. The van der Waals surface area contributed by atoms with Crippen molar-refractivity contribution in [3.05, 3.63) is 39.5 Å². The molecule has 0 bridgehead atoms. The van der Waals surface area contributed by atoms with Gasteiger partial charge in [-0.25, -0.2) is 9.97 Å². The number of benzene rings is 1. The SMILES string of the molecule is Cc1nc(-c2cccc(Cl)c2Cl)nc(N)c1C. The molecule has 0 aliphatic rings. The van der Waals surface area contributed by atoms with Crippen LogP contribution in [-0.4, -0.2) is 9.97 Å². The normalized spacial score (nSPS) is 10.6. The Bertz CT molecular complexity index is 559. The van der Waals surface area contributed by atoms with Crippen LogP contribution in [0.5, 0.6) is 0 Å². The van der Waals surface area contributed by atoms with Crippen LogP contribution in [-0.2, 0) is 0 Å². The average molecular weight is 268 g/mol. The van der Waals surface area contributed by atoms with E-state index < -0.39 is 0 Å². The van der Waals surface area contributed by atoms with Crippen LogP contribution >= 0.6 is 23.2 Å². The zero-order valence-corrected chi connectivity index (χ0v) is 11.0. The number of rotatable bonds is 1. The van der Waals surface area contributed by atoms with Gasteiger partial charge in [0.1, 0.15) is 5.82 Å². The summed E-state index contributed by atoms with van der Waals surface area (Å²) in [5, 5.41) is 0.918. The van der Waals surface area contributed by atoms with Crippen LogP contribution in [0.25, 0.3) is 11.4 Å². The zero-order chi connectivity index (χ0) is 12.6. The Morgan fingerprint density at radius 2 is 1.82 bits per heavy atom. The van der Waals surface area contributed by atoms with E-state index in [0.29, 0.717) is 27.3 Å². The van der Waals surface area contributed by atoms with Gasteiger partial charge < -0.3 is 5.73 Å². The van der Waals surface area contributed by atoms with E-state index in [4.69, 9.17) is 28.9 Å². The summed E-state index contributed by atoms with van der Waals surface area (Å²) in [6.45, 7) is 3.77. The molecule has 0 saturated carbocycles. The highest BCUT2D eigenvalue weighted by atomic mass is 35.5. The van der Waals surface area contributed by atoms with E-state index in [9.17, 15) is 0 Å². The van der Waals surface area contributed by atoms with E-state index in [0.717, 1.165) is 11.3 Å². The minimum absolute atomic E-state index is 0.441. The Balaban J connectivity index is 2.65. The Labute approximate surface area is 110 Å². The van der Waals surface area contributed by atoms with Gasteiger partial charge in [-0.05, 0) is 26.0 Å². The van der Waals surface area contributed by atoms with Crippen molar-refractivity contribution < 1.29 is 0 Å². The quantitative estimate of drug-likeness (QED) is 0.858. The summed E-state index contributed by atoms with van der Waals surface area (Å²) in [7, 11) is 0. The molecule has 0 radical (unpaired) electrons. The second kappa shape index (κ2) is 4.51. The number of anilines is 1. The van der Waals surface area contributed by atoms with Crippen molar-refractivity contribution >= 4 is 29.0 Å². The fourth-order valence-corrected chi connectivity index (χ4v) is 1.83. The average Bonchev–Trinajstić information content (AvgIpc) is 2.29. The van der Waals surface area contributed by atoms with Crippen LogP contribution < -0.4 is 5.73 Å². The van der Waals surface area contributed by atoms with E-state index in [1.54, 1.807) is 12.1 Å². The lowest BCUT2D eigenvalue weighted by atomic mass is 10.2. The summed E-state index contributed by atoms with van der Waals surface area (Å²) >= 11 is 12.1. The highest BCUT2D eigenvalue weighted by Gasteiger charge is 2.12. The van der Waals surface area contributed by atoms with Gasteiger partial charge in [-0.1, -0.05) is 29.3 Å². The summed E-state index contributed by atoms with van der Waals surface area (Å²) in [6.07, 6.45) is 0. The maximum absolute atomic E-state index is 6.12. The highest BCUT2D eigenvalue weighted by Crippen LogP contribution is 2.32. The van der Waals surface area contributed by atoms with Gasteiger partial charge in [0, 0.05) is 16.8 Å². The van der Waals surface area contributed by atoms with E-state index in [-0.39, 0.29) is 0 Å². The molecule has 0 aliphatic carbocycles. The van der Waals surface area contributed by atoms with E-state index in [1.165, 1.54) is 0 Å². The van der Waals surface area contributed by atoms with Crippen molar-refractivity contribution in [2.24, 2.45) is 0 Å². The topological polar surface area (TPSA) is 51.8 Å². The minimum Gasteiger partial charge on any atom is -0.383 e. The standard InChI is InChI=1S/C12H11Cl2N3/c1-6-7(2)16-12(17-11(6)15)8-4-3-5-9(13)10(8)14/h3-5H,1-2H3,(H2,15,16,17). The number of nitrogens with zero attached hydrogens (tertiary/aromatic N) is 2. The van der Waals surface area contributed by atoms with Crippen molar-refractivity contribution in [1.82, 2.24) is 9.97 Å². The molecule has 3 nitrogen and oxygen atoms in total. The van der Waals surface area contributed by atoms with Crippen molar-refractivity contribution in [1.29, 1.82) is 0 Å². The molecule has 0 atom stereocenters. The summed E-state index contributed by atoms with van der Waals surface area (Å²) in [5.41, 5.74) is 8.23. The molecular formula is C12H11Cl2N3. The lowest BCUT2D eigenvalue weighted by Gasteiger charge is -2.08. The molecule has 0 unspecified atom stereocenters. The Hall–Kier alpha value is -1.32. The van der Waals surface area contributed by atoms with E-state index >= 15 is 0 Å². The molecule has 2 N–H and O–H groups in total. The molecule has 0 amide bonds. The number of hydrogen-bond donors (Lipinski definition) is 1. The number of hydrogen-bond acceptors (Lipinski definition) is 3. The van der Waals surface area contributed by atoms with Gasteiger partial charge in [-0.3, -0.25) is 0 Å². The molecule has 1 aromatic heterocycles. The van der Waals surface area contributed by atoms with Gasteiger partial charge in [0.2, 0.25) is 0 Å². The lowest BCUT2D eigenvalue weighted by molar-refractivity contribution is 1.08. The third-order valence-corrected chi connectivity index (χ3v) is 3.44. The van der Waals surface area contributed by atoms with Crippen molar-refractivity contribution in [3.63, 3.8) is 0 Å². The van der Waals surface area contributed by atoms with E-state index in [1.807, 2.05) is 19.9 Å². The minimum atomic E-state index is 0.441. The van der Waals surface area contributed by atoms with Crippen molar-refractivity contribution in [2.45, 2.75) is 13.8 Å². The summed E-state index contributed by atoms with van der Waals surface area (Å²) in [6, 6.07) is 5.34. The van der Waals surface area contributed by atoms with Crippen LogP contribution in [0.2, 0.25) is 10.0 Å². The van der Waals surface area contributed by atoms with Gasteiger partial charge in [-0.2, -0.15) is 0 Å². The summed E-state index contributed by atoms with van der Waals surface area (Å²) < 4.78 is 0. The molecule has 5 heteroatoms. The lowest BCUT2D eigenvalue weighted by Crippen LogP contribution is -2.02. The van der Waals surface area contributed by atoms with E-state index in [2.05, 4.69) is 9.97 Å². The van der Waals surface area contributed by atoms with Crippen molar-refractivity contribution in [2.75, 3.05) is 5.73 Å². The monoisotopic (exact) mass is 267 g/mol. The first kappa shape index (κ1) is 12.1. The highest BCUT2D eigenvalue weighted by molar-refractivity contribution is 6.43. The third kappa shape index (κ3) is 2.21. The molecule has 17 heavy (non-hydrogen) atoms. The molecule has 1 heterocycles. The predicted octanol–water partition coefficient (Wildman–Crippen LogP) is 3.65. The van der Waals surface area contributed by atoms with Gasteiger partial charge in [-0.15, -0.1) is 0 Å². The van der Waals surface area contributed by atoms with Crippen LogP contribution in [0.1, 0.15) is 11.3 Å². The fourth-order valence-electron chi connectivity index (χ4n) is 1.45. The first-order valence-electron chi connectivity index (χ1n) is 5.06. The second-order valence-corrected chi connectivity index (χ2v) is 4.53. The molecule has 2 aromatic rings. The fraction of sp³-hybridized carbons (Fsp3) is 0.167. The van der Waals surface area contributed by atoms with Gasteiger partial charge in [0.15, 0.2) is 5.82 Å². The number of halogens is 2. The third-order valence-electron chi connectivity index (χ3n) is 2.62. The first-order chi connectivity index (χ1) is 8.00. The van der Waals surface area contributed by atoms with Crippen LogP contribution in [0.3, 0.4) is 0 Å². The number of nitrogen functional groups attached to an aromatic ring is 1. The van der Waals surface area contributed by atoms with Crippen LogP contribution in [0.4, 0.5) is 5.82 Å². The Morgan fingerprint density at radius 3 is 2.47 bits per heavy atom. The number of aromatic nitrogens is 2. The Morgan fingerprint density at radius 1 is 1.12 bits per heavy atom. The second-order valence-electron chi connectivity index (χ2n) is 3.74. The predicted molar refractivity (Wildman–Crippen MR) is 71.4 cm³/mol. The zero-order valence-electron chi connectivity index (χ0n) is 9.46. The molecule has 0 spiro atoms. The maximum atomic E-state index is 6.12. The molecule has 0 aliphatic heterocycles. The van der Waals surface area contributed by atoms with Crippen LogP contribution in [0, 0.1) is 13.8 Å². The molecule has 1 aromatic carbocycles. The largest absolute Gasteiger partial charge is 0.383 e. The molecule has 0 saturated heterocycles. The van der Waals surface area contributed by atoms with Gasteiger partial charge in [0.25, 0.3) is 0 Å². The Kier molecular flexibility index (Phi) is 3.22. The van der Waals surface area contributed by atoms with Gasteiger partial charge in [0.05, 0.1) is 10.0 Å². The van der Waals surface area contributed by atoms with Gasteiger partial charge >= 0.3 is 0 Å². The molecule has 2 rings (SSSR count). The maximum Gasteiger partial charge on any atom is 0.163 e. The van der Waals surface area contributed by atoms with Crippen LogP contribution in [0.15, 0.2) is 18.2 Å². The smallest absolute Gasteiger partial charge is 0.163 e. The molecular weight excluding hydrogens is 257 g/mol. The molecule has 88 valence electrons. The summed E-state index contributed by atoms with van der Waals surface area (Å²) in [5.74, 6) is 0.960. The van der Waals surface area contributed by atoms with Crippen molar-refractivity contribution in [3.8, 4) is 11.4 Å². The first-order valence-corrected chi connectivity index (χ1v) is 5.81. The summed E-state index contributed by atoms with van der Waals surface area (Å²) in [4.78, 5) is 8.60.